The van der Waals surface area contributed by atoms with Crippen molar-refractivity contribution < 1.29 is 13.7 Å². The van der Waals surface area contributed by atoms with E-state index in [4.69, 9.17) is 4.52 Å². The van der Waals surface area contributed by atoms with Crippen LogP contribution >= 0.6 is 0 Å². The van der Waals surface area contributed by atoms with Crippen LogP contribution in [0.2, 0.25) is 0 Å². The van der Waals surface area contributed by atoms with Gasteiger partial charge in [0.1, 0.15) is 5.82 Å². The fraction of sp³-hybridized carbons (Fsp3) is 0.286. The fourth-order valence-electron chi connectivity index (χ4n) is 2.67. The average molecular weight is 382 g/mol. The van der Waals surface area contributed by atoms with Crippen molar-refractivity contribution in [2.24, 2.45) is 0 Å². The van der Waals surface area contributed by atoms with Crippen molar-refractivity contribution in [3.05, 3.63) is 65.7 Å². The Morgan fingerprint density at radius 3 is 2.57 bits per heavy atom. The summed E-state index contributed by atoms with van der Waals surface area (Å²) in [6.45, 7) is 6.70. The van der Waals surface area contributed by atoms with Crippen molar-refractivity contribution in [3.63, 3.8) is 0 Å². The summed E-state index contributed by atoms with van der Waals surface area (Å²) in [7, 11) is 0. The number of hydrogen-bond donors (Lipinski definition) is 1. The second-order valence-electron chi connectivity index (χ2n) is 6.76. The topological polar surface area (TPSA) is 71.3 Å². The summed E-state index contributed by atoms with van der Waals surface area (Å²) in [5, 5.41) is 6.81. The largest absolute Gasteiger partial charge is 0.334 e. The standard InChI is InChI=1S/C21H23FN4O2/c1-4-26(13-15-6-5-7-17(22)12-15)21(27)23-18-10-8-16(9-11-18)20-24-19(14(2)3)25-28-20/h5-12,14H,4,13H2,1-3H3,(H,23,27). The highest BCUT2D eigenvalue weighted by Gasteiger charge is 2.14. The van der Waals surface area contributed by atoms with Crippen molar-refractivity contribution in [3.8, 4) is 11.5 Å². The number of rotatable bonds is 6. The molecule has 0 bridgehead atoms. The second-order valence-corrected chi connectivity index (χ2v) is 6.76. The van der Waals surface area contributed by atoms with Crippen LogP contribution in [-0.2, 0) is 6.54 Å². The molecule has 0 atom stereocenters. The van der Waals surface area contributed by atoms with E-state index in [0.29, 0.717) is 30.5 Å². The first-order valence-corrected chi connectivity index (χ1v) is 9.20. The summed E-state index contributed by atoms with van der Waals surface area (Å²) >= 11 is 0. The lowest BCUT2D eigenvalue weighted by molar-refractivity contribution is 0.212. The Morgan fingerprint density at radius 1 is 1.21 bits per heavy atom. The van der Waals surface area contributed by atoms with Crippen LogP contribution in [0.15, 0.2) is 53.1 Å². The molecule has 0 aliphatic carbocycles. The number of halogens is 1. The first-order chi connectivity index (χ1) is 13.5. The van der Waals surface area contributed by atoms with E-state index in [1.165, 1.54) is 12.1 Å². The van der Waals surface area contributed by atoms with Crippen LogP contribution in [0.4, 0.5) is 14.9 Å². The van der Waals surface area contributed by atoms with Crippen molar-refractivity contribution in [2.75, 3.05) is 11.9 Å². The summed E-state index contributed by atoms with van der Waals surface area (Å²) in [6.07, 6.45) is 0. The number of aromatic nitrogens is 2. The van der Waals surface area contributed by atoms with Crippen LogP contribution in [0.1, 0.15) is 38.1 Å². The van der Waals surface area contributed by atoms with Gasteiger partial charge in [-0.3, -0.25) is 0 Å². The van der Waals surface area contributed by atoms with E-state index in [1.807, 2.05) is 32.9 Å². The highest BCUT2D eigenvalue weighted by Crippen LogP contribution is 2.22. The molecule has 0 unspecified atom stereocenters. The van der Waals surface area contributed by atoms with Crippen molar-refractivity contribution >= 4 is 11.7 Å². The Balaban J connectivity index is 1.65. The molecule has 3 rings (SSSR count). The maximum absolute atomic E-state index is 13.4. The van der Waals surface area contributed by atoms with E-state index in [0.717, 1.165) is 11.1 Å². The predicted molar refractivity (Wildman–Crippen MR) is 105 cm³/mol. The molecule has 3 aromatic rings. The quantitative estimate of drug-likeness (QED) is 0.647. The lowest BCUT2D eigenvalue weighted by Crippen LogP contribution is -2.34. The number of urea groups is 1. The number of nitrogens with one attached hydrogen (secondary N) is 1. The zero-order valence-electron chi connectivity index (χ0n) is 16.1. The third kappa shape index (κ3) is 4.73. The third-order valence-electron chi connectivity index (χ3n) is 4.27. The Morgan fingerprint density at radius 2 is 1.96 bits per heavy atom. The van der Waals surface area contributed by atoms with Gasteiger partial charge >= 0.3 is 6.03 Å². The van der Waals surface area contributed by atoms with Crippen LogP contribution in [0.25, 0.3) is 11.5 Å². The van der Waals surface area contributed by atoms with Crippen LogP contribution in [-0.4, -0.2) is 27.6 Å². The smallest absolute Gasteiger partial charge is 0.322 e. The lowest BCUT2D eigenvalue weighted by Gasteiger charge is -2.21. The van der Waals surface area contributed by atoms with E-state index >= 15 is 0 Å². The average Bonchev–Trinajstić information content (AvgIpc) is 3.17. The van der Waals surface area contributed by atoms with E-state index < -0.39 is 0 Å². The van der Waals surface area contributed by atoms with E-state index in [1.54, 1.807) is 29.2 Å². The van der Waals surface area contributed by atoms with Crippen LogP contribution < -0.4 is 5.32 Å². The van der Waals surface area contributed by atoms with Gasteiger partial charge < -0.3 is 14.7 Å². The third-order valence-corrected chi connectivity index (χ3v) is 4.27. The Hall–Kier alpha value is -3.22. The van der Waals surface area contributed by atoms with Gasteiger partial charge in [0.2, 0.25) is 0 Å². The van der Waals surface area contributed by atoms with E-state index in [9.17, 15) is 9.18 Å². The molecular formula is C21H23FN4O2. The minimum atomic E-state index is -0.314. The molecule has 0 aliphatic heterocycles. The normalized spacial score (nSPS) is 10.9. The zero-order chi connectivity index (χ0) is 20.1. The molecule has 0 saturated heterocycles. The highest BCUT2D eigenvalue weighted by molar-refractivity contribution is 5.89. The number of anilines is 1. The van der Waals surface area contributed by atoms with E-state index in [-0.39, 0.29) is 17.8 Å². The van der Waals surface area contributed by atoms with E-state index in [2.05, 4.69) is 15.5 Å². The van der Waals surface area contributed by atoms with Gasteiger partial charge in [0.25, 0.3) is 5.89 Å². The van der Waals surface area contributed by atoms with Crippen molar-refractivity contribution in [1.29, 1.82) is 0 Å². The molecule has 7 heteroatoms. The molecule has 0 spiro atoms. The summed E-state index contributed by atoms with van der Waals surface area (Å²) < 4.78 is 18.6. The minimum Gasteiger partial charge on any atom is -0.334 e. The van der Waals surface area contributed by atoms with Crippen molar-refractivity contribution in [2.45, 2.75) is 33.2 Å². The Kier molecular flexibility index (Phi) is 6.03. The Labute approximate surface area is 163 Å². The van der Waals surface area contributed by atoms with Crippen LogP contribution in [0, 0.1) is 5.82 Å². The molecule has 1 aromatic heterocycles. The number of amides is 2. The summed E-state index contributed by atoms with van der Waals surface area (Å²) in [4.78, 5) is 18.5. The number of nitrogens with zero attached hydrogens (tertiary/aromatic N) is 3. The predicted octanol–water partition coefficient (Wildman–Crippen LogP) is 5.05. The first kappa shape index (κ1) is 19.5. The molecule has 0 aliphatic rings. The molecule has 0 radical (unpaired) electrons. The van der Waals surface area contributed by atoms with Gasteiger partial charge in [-0.15, -0.1) is 0 Å². The SMILES string of the molecule is CCN(Cc1cccc(F)c1)C(=O)Nc1ccc(-c2nc(C(C)C)no2)cc1. The molecule has 2 aromatic carbocycles. The molecule has 6 nitrogen and oxygen atoms in total. The first-order valence-electron chi connectivity index (χ1n) is 9.20. The highest BCUT2D eigenvalue weighted by atomic mass is 19.1. The van der Waals surface area contributed by atoms with Gasteiger partial charge in [0.05, 0.1) is 0 Å². The molecule has 0 saturated carbocycles. The van der Waals surface area contributed by atoms with Crippen molar-refractivity contribution in [1.82, 2.24) is 15.0 Å². The Bertz CT molecular complexity index is 938. The van der Waals surface area contributed by atoms with Gasteiger partial charge in [-0.25, -0.2) is 9.18 Å². The molecule has 1 heterocycles. The maximum Gasteiger partial charge on any atom is 0.322 e. The number of benzene rings is 2. The molecule has 28 heavy (non-hydrogen) atoms. The van der Waals surface area contributed by atoms with Gasteiger partial charge in [0.15, 0.2) is 5.82 Å². The monoisotopic (exact) mass is 382 g/mol. The lowest BCUT2D eigenvalue weighted by atomic mass is 10.2. The fourth-order valence-corrected chi connectivity index (χ4v) is 2.67. The summed E-state index contributed by atoms with van der Waals surface area (Å²) in [5.41, 5.74) is 2.17. The maximum atomic E-state index is 13.4. The zero-order valence-corrected chi connectivity index (χ0v) is 16.1. The number of carbonyl (C=O) groups excluding carboxylic acids is 1. The molecule has 146 valence electrons. The van der Waals surface area contributed by atoms with Gasteiger partial charge in [-0.2, -0.15) is 4.98 Å². The molecule has 0 fully saturated rings. The van der Waals surface area contributed by atoms with Crippen LogP contribution in [0.3, 0.4) is 0 Å². The molecule has 2 amide bonds. The summed E-state index contributed by atoms with van der Waals surface area (Å²) in [5.74, 6) is 0.978. The molecular weight excluding hydrogens is 359 g/mol. The van der Waals surface area contributed by atoms with Gasteiger partial charge in [-0.1, -0.05) is 31.1 Å². The number of carbonyl (C=O) groups is 1. The minimum absolute atomic E-state index is 0.189. The molecule has 1 N–H and O–H groups in total. The number of hydrogen-bond acceptors (Lipinski definition) is 4. The van der Waals surface area contributed by atoms with Gasteiger partial charge in [0, 0.05) is 30.3 Å². The second kappa shape index (κ2) is 8.65. The van der Waals surface area contributed by atoms with Gasteiger partial charge in [-0.05, 0) is 48.9 Å². The van der Waals surface area contributed by atoms with Crippen LogP contribution in [0.5, 0.6) is 0 Å². The summed E-state index contributed by atoms with van der Waals surface area (Å²) in [6, 6.07) is 13.2.